The van der Waals surface area contributed by atoms with Crippen molar-refractivity contribution in [1.29, 1.82) is 0 Å². The van der Waals surface area contributed by atoms with E-state index in [1.807, 2.05) is 0 Å². The van der Waals surface area contributed by atoms with Crippen LogP contribution in [0.5, 0.6) is 0 Å². The second kappa shape index (κ2) is 6.73. The molecule has 110 valence electrons. The highest BCUT2D eigenvalue weighted by Crippen LogP contribution is 2.21. The van der Waals surface area contributed by atoms with Crippen molar-refractivity contribution in [3.05, 3.63) is 4.91 Å². The zero-order valence-corrected chi connectivity index (χ0v) is 10.5. The van der Waals surface area contributed by atoms with Crippen LogP contribution in [-0.4, -0.2) is 77.8 Å². The maximum Gasteiger partial charge on any atom is 0.340 e. The lowest BCUT2D eigenvalue weighted by Gasteiger charge is -2.41. The van der Waals surface area contributed by atoms with E-state index < -0.39 is 43.3 Å². The lowest BCUT2D eigenvalue weighted by molar-refractivity contribution is -0.270. The van der Waals surface area contributed by atoms with E-state index in [1.54, 1.807) is 0 Å². The Hall–Kier alpha value is -1.33. The smallest absolute Gasteiger partial charge is 0.340 e. The molecule has 0 aromatic rings. The number of aliphatic hydroxyl groups excluding tert-OH is 3. The Kier molecular flexibility index (Phi) is 5.57. The second-order valence-electron chi connectivity index (χ2n) is 4.02. The quantitative estimate of drug-likeness (QED) is 0.337. The molecule has 0 spiro atoms. The SMILES string of the molecule is CO[C@H]1O[C@@H](CO)[C@@H](O)[C@@H](NC(=O)N(C)N=O)[C@H]1O. The third kappa shape index (κ3) is 3.36. The van der Waals surface area contributed by atoms with Gasteiger partial charge in [0.05, 0.1) is 17.9 Å². The van der Waals surface area contributed by atoms with Crippen LogP contribution in [-0.2, 0) is 9.47 Å². The van der Waals surface area contributed by atoms with Gasteiger partial charge in [-0.2, -0.15) is 5.01 Å². The Balaban J connectivity index is 2.81. The van der Waals surface area contributed by atoms with Gasteiger partial charge in [-0.1, -0.05) is 0 Å². The molecule has 0 radical (unpaired) electrons. The van der Waals surface area contributed by atoms with Crippen LogP contribution in [0.3, 0.4) is 0 Å². The van der Waals surface area contributed by atoms with Crippen LogP contribution in [0.1, 0.15) is 0 Å². The molecule has 1 rings (SSSR count). The molecule has 1 heterocycles. The van der Waals surface area contributed by atoms with Gasteiger partial charge < -0.3 is 30.1 Å². The van der Waals surface area contributed by atoms with Crippen molar-refractivity contribution in [3.63, 3.8) is 0 Å². The van der Waals surface area contributed by atoms with Crippen molar-refractivity contribution in [3.8, 4) is 0 Å². The highest BCUT2D eigenvalue weighted by atomic mass is 16.7. The molecule has 0 saturated carbocycles. The minimum absolute atomic E-state index is 0.463. The van der Waals surface area contributed by atoms with Gasteiger partial charge in [0.25, 0.3) is 0 Å². The zero-order valence-electron chi connectivity index (χ0n) is 10.5. The maximum atomic E-state index is 11.5. The summed E-state index contributed by atoms with van der Waals surface area (Å²) in [6, 6.07) is -2.08. The summed E-state index contributed by atoms with van der Waals surface area (Å²) in [5.41, 5.74) is 0. The predicted molar refractivity (Wildman–Crippen MR) is 60.6 cm³/mol. The summed E-state index contributed by atoms with van der Waals surface area (Å²) in [6.07, 6.45) is -4.89. The zero-order chi connectivity index (χ0) is 14.6. The van der Waals surface area contributed by atoms with Crippen molar-refractivity contribution >= 4 is 6.03 Å². The van der Waals surface area contributed by atoms with Crippen molar-refractivity contribution < 1.29 is 29.6 Å². The van der Waals surface area contributed by atoms with Gasteiger partial charge in [-0.3, -0.25) is 0 Å². The van der Waals surface area contributed by atoms with Crippen LogP contribution in [0, 0.1) is 4.91 Å². The van der Waals surface area contributed by atoms with Gasteiger partial charge >= 0.3 is 6.03 Å². The van der Waals surface area contributed by atoms with Crippen LogP contribution in [0.15, 0.2) is 5.29 Å². The molecule has 10 heteroatoms. The number of aliphatic hydroxyl groups is 3. The summed E-state index contributed by atoms with van der Waals surface area (Å²) >= 11 is 0. The number of rotatable bonds is 4. The van der Waals surface area contributed by atoms with Crippen molar-refractivity contribution in [1.82, 2.24) is 10.3 Å². The third-order valence-electron chi connectivity index (χ3n) is 2.82. The van der Waals surface area contributed by atoms with Crippen LogP contribution in [0.4, 0.5) is 4.79 Å². The summed E-state index contributed by atoms with van der Waals surface area (Å²) in [7, 11) is 2.37. The molecule has 0 bridgehead atoms. The number of amides is 2. The first-order valence-corrected chi connectivity index (χ1v) is 5.49. The molecule has 4 N–H and O–H groups in total. The van der Waals surface area contributed by atoms with Crippen LogP contribution < -0.4 is 5.32 Å². The van der Waals surface area contributed by atoms with Crippen LogP contribution >= 0.6 is 0 Å². The van der Waals surface area contributed by atoms with Crippen LogP contribution in [0.25, 0.3) is 0 Å². The molecule has 2 amide bonds. The standard InChI is InChI=1S/C9H17N3O7/c1-12(11-17)9(16)10-5-6(14)4(3-13)19-8(18-2)7(5)15/h4-8,13-15H,3H2,1-2H3,(H,10,16)/t4-,5+,6+,7+,8-/m0/s1. The number of methoxy groups -OCH3 is 1. The van der Waals surface area contributed by atoms with Gasteiger partial charge in [-0.15, -0.1) is 4.91 Å². The van der Waals surface area contributed by atoms with E-state index in [-0.39, 0.29) is 0 Å². The molecule has 1 fully saturated rings. The van der Waals surface area contributed by atoms with Crippen molar-refractivity contribution in [2.75, 3.05) is 20.8 Å². The lowest BCUT2D eigenvalue weighted by Crippen LogP contribution is -2.65. The van der Waals surface area contributed by atoms with Crippen molar-refractivity contribution in [2.45, 2.75) is 30.6 Å². The van der Waals surface area contributed by atoms with E-state index in [0.717, 1.165) is 7.05 Å². The van der Waals surface area contributed by atoms with Crippen molar-refractivity contribution in [2.24, 2.45) is 5.29 Å². The average molecular weight is 279 g/mol. The van der Waals surface area contributed by atoms with E-state index >= 15 is 0 Å². The minimum atomic E-state index is -1.37. The number of nitrogens with one attached hydrogen (secondary N) is 1. The van der Waals surface area contributed by atoms with Gasteiger partial charge in [-0.05, 0) is 0 Å². The predicted octanol–water partition coefficient (Wildman–Crippen LogP) is -2.24. The Bertz CT molecular complexity index is 313. The fourth-order valence-corrected chi connectivity index (χ4v) is 1.73. The summed E-state index contributed by atoms with van der Waals surface area (Å²) in [4.78, 5) is 21.7. The summed E-state index contributed by atoms with van der Waals surface area (Å²) < 4.78 is 9.92. The summed E-state index contributed by atoms with van der Waals surface area (Å²) in [6.45, 7) is -0.526. The molecule has 1 aliphatic rings. The Morgan fingerprint density at radius 2 is 2.11 bits per heavy atom. The molecular formula is C9H17N3O7. The number of hydrogen-bond donors (Lipinski definition) is 4. The fraction of sp³-hybridized carbons (Fsp3) is 0.889. The number of nitroso groups, excluding NO2 is 1. The molecule has 0 aromatic heterocycles. The Labute approximate surface area is 108 Å². The number of ether oxygens (including phenoxy) is 2. The van der Waals surface area contributed by atoms with E-state index in [1.165, 1.54) is 7.11 Å². The van der Waals surface area contributed by atoms with E-state index in [0.29, 0.717) is 5.01 Å². The molecule has 1 saturated heterocycles. The Morgan fingerprint density at radius 1 is 1.47 bits per heavy atom. The fourth-order valence-electron chi connectivity index (χ4n) is 1.73. The minimum Gasteiger partial charge on any atom is -0.394 e. The Morgan fingerprint density at radius 3 is 2.58 bits per heavy atom. The van der Waals surface area contributed by atoms with E-state index in [4.69, 9.17) is 14.6 Å². The molecule has 0 aromatic carbocycles. The maximum absolute atomic E-state index is 11.5. The van der Waals surface area contributed by atoms with Gasteiger partial charge in [-0.25, -0.2) is 4.79 Å². The first-order chi connectivity index (χ1) is 8.96. The largest absolute Gasteiger partial charge is 0.394 e. The lowest BCUT2D eigenvalue weighted by atomic mass is 9.96. The van der Waals surface area contributed by atoms with E-state index in [9.17, 15) is 19.9 Å². The van der Waals surface area contributed by atoms with Gasteiger partial charge in [0, 0.05) is 14.2 Å². The second-order valence-corrected chi connectivity index (χ2v) is 4.02. The number of urea groups is 1. The number of hydrogen-bond acceptors (Lipinski definition) is 8. The summed E-state index contributed by atoms with van der Waals surface area (Å²) in [5, 5.41) is 33.9. The van der Waals surface area contributed by atoms with Gasteiger partial charge in [0.1, 0.15) is 18.3 Å². The molecule has 5 atom stereocenters. The molecule has 1 aliphatic heterocycles. The van der Waals surface area contributed by atoms with Gasteiger partial charge in [0.2, 0.25) is 0 Å². The first-order valence-electron chi connectivity index (χ1n) is 5.49. The average Bonchev–Trinajstić information content (AvgIpc) is 2.42. The monoisotopic (exact) mass is 279 g/mol. The highest BCUT2D eigenvalue weighted by molar-refractivity contribution is 5.73. The van der Waals surface area contributed by atoms with Gasteiger partial charge in [0.15, 0.2) is 6.29 Å². The highest BCUT2D eigenvalue weighted by Gasteiger charge is 2.45. The topological polar surface area (TPSA) is 141 Å². The van der Waals surface area contributed by atoms with E-state index in [2.05, 4.69) is 10.6 Å². The summed E-state index contributed by atoms with van der Waals surface area (Å²) in [5.74, 6) is 0. The molecule has 10 nitrogen and oxygen atoms in total. The third-order valence-corrected chi connectivity index (χ3v) is 2.82. The number of carbonyl (C=O) groups is 1. The van der Waals surface area contributed by atoms with Crippen LogP contribution in [0.2, 0.25) is 0 Å². The molecular weight excluding hydrogens is 262 g/mol. The molecule has 19 heavy (non-hydrogen) atoms. The molecule has 0 unspecified atom stereocenters. The first kappa shape index (κ1) is 15.7. The number of nitrogens with zero attached hydrogens (tertiary/aromatic N) is 2. The number of carbonyl (C=O) groups excluding carboxylic acids is 1. The molecule has 0 aliphatic carbocycles. The normalized spacial score (nSPS) is 34.7.